The Labute approximate surface area is 124 Å². The molecule has 1 aromatic heterocycles. The number of rotatable bonds is 4. The average Bonchev–Trinajstić information content (AvgIpc) is 2.87. The fraction of sp³-hybridized carbons (Fsp3) is 0.154. The van der Waals surface area contributed by atoms with Gasteiger partial charge < -0.3 is 4.74 Å². The second kappa shape index (κ2) is 6.23. The van der Waals surface area contributed by atoms with E-state index in [2.05, 4.69) is 10.3 Å². The van der Waals surface area contributed by atoms with Crippen molar-refractivity contribution < 1.29 is 19.1 Å². The quantitative estimate of drug-likeness (QED) is 0.532. The van der Waals surface area contributed by atoms with Crippen molar-refractivity contribution in [1.82, 2.24) is 4.98 Å². The number of carbonyl (C=O) groups is 2. The summed E-state index contributed by atoms with van der Waals surface area (Å²) in [5.74, 6) is -0.818. The van der Waals surface area contributed by atoms with Gasteiger partial charge in [0.15, 0.2) is 12.2 Å². The lowest BCUT2D eigenvalue weighted by Gasteiger charge is -2.07. The zero-order chi connectivity index (χ0) is 15.4. The van der Waals surface area contributed by atoms with Crippen molar-refractivity contribution in [2.45, 2.75) is 6.92 Å². The summed E-state index contributed by atoms with van der Waals surface area (Å²) in [4.78, 5) is 38.2. The third kappa shape index (κ3) is 3.69. The van der Waals surface area contributed by atoms with Gasteiger partial charge >= 0.3 is 11.0 Å². The molecule has 0 bridgehead atoms. The van der Waals surface area contributed by atoms with E-state index in [1.165, 1.54) is 32.3 Å². The average molecular weight is 306 g/mol. The van der Waals surface area contributed by atoms with Crippen LogP contribution in [0.4, 0.5) is 10.1 Å². The standard InChI is InChI=1S/C13H11N3O4S/c1-8(17)20-10-6-4-3-5-9(10)12(18)15-13-14-7-11(21-13)16(2)19/h3-7H,1-2H3/p+1. The van der Waals surface area contributed by atoms with E-state index in [1.54, 1.807) is 12.1 Å². The first-order chi connectivity index (χ1) is 9.97. The first-order valence-corrected chi connectivity index (χ1v) is 6.74. The number of esters is 1. The maximum atomic E-state index is 12.2. The van der Waals surface area contributed by atoms with Crippen LogP contribution in [-0.2, 0) is 4.79 Å². The maximum absolute atomic E-state index is 12.2. The van der Waals surface area contributed by atoms with Gasteiger partial charge in [0.05, 0.1) is 5.56 Å². The van der Waals surface area contributed by atoms with Crippen LogP contribution >= 0.6 is 11.3 Å². The molecule has 0 aliphatic carbocycles. The number of hydrogen-bond donors (Lipinski definition) is 1. The minimum Gasteiger partial charge on any atom is -0.426 e. The first kappa shape index (κ1) is 14.8. The molecule has 0 aliphatic heterocycles. The maximum Gasteiger partial charge on any atom is 0.332 e. The van der Waals surface area contributed by atoms with E-state index in [4.69, 9.17) is 4.74 Å². The van der Waals surface area contributed by atoms with E-state index in [-0.39, 0.29) is 16.4 Å². The molecule has 0 spiro atoms. The van der Waals surface area contributed by atoms with Gasteiger partial charge in [0.25, 0.3) is 5.91 Å². The van der Waals surface area contributed by atoms with E-state index in [1.807, 2.05) is 0 Å². The molecule has 1 amide bonds. The largest absolute Gasteiger partial charge is 0.426 e. The highest BCUT2D eigenvalue weighted by Gasteiger charge is 2.17. The second-order valence-electron chi connectivity index (χ2n) is 4.05. The summed E-state index contributed by atoms with van der Waals surface area (Å²) < 4.78 is 5.63. The van der Waals surface area contributed by atoms with Crippen LogP contribution in [0.15, 0.2) is 30.5 Å². The van der Waals surface area contributed by atoms with Gasteiger partial charge in [-0.25, -0.2) is 4.98 Å². The van der Waals surface area contributed by atoms with Crippen LogP contribution in [0.25, 0.3) is 0 Å². The van der Waals surface area contributed by atoms with Crippen molar-refractivity contribution in [1.29, 1.82) is 0 Å². The van der Waals surface area contributed by atoms with Crippen molar-refractivity contribution in [3.8, 4) is 5.75 Å². The lowest BCUT2D eigenvalue weighted by molar-refractivity contribution is -0.424. The number of amides is 1. The van der Waals surface area contributed by atoms with E-state index in [0.717, 1.165) is 11.3 Å². The Morgan fingerprint density at radius 3 is 2.67 bits per heavy atom. The van der Waals surface area contributed by atoms with Gasteiger partial charge in [0.2, 0.25) is 0 Å². The normalized spacial score (nSPS) is 10.0. The number of benzene rings is 1. The fourth-order valence-electron chi connectivity index (χ4n) is 1.53. The zero-order valence-electron chi connectivity index (χ0n) is 11.3. The number of thiazole rings is 1. The van der Waals surface area contributed by atoms with Gasteiger partial charge in [-0.15, -0.1) is 0 Å². The third-order valence-electron chi connectivity index (χ3n) is 2.41. The number of nitroso groups, excluding NO2 is 1. The number of aromatic nitrogens is 1. The van der Waals surface area contributed by atoms with E-state index < -0.39 is 11.9 Å². The monoisotopic (exact) mass is 306 g/mol. The van der Waals surface area contributed by atoms with Crippen molar-refractivity contribution in [2.24, 2.45) is 0 Å². The van der Waals surface area contributed by atoms with Crippen molar-refractivity contribution in [3.63, 3.8) is 0 Å². The minimum absolute atomic E-state index is 0.167. The summed E-state index contributed by atoms with van der Waals surface area (Å²) in [6, 6.07) is 6.36. The number of nitrogens with zero attached hydrogens (tertiary/aromatic N) is 2. The third-order valence-corrected chi connectivity index (χ3v) is 3.38. The van der Waals surface area contributed by atoms with Crippen LogP contribution in [0.5, 0.6) is 5.75 Å². The number of carbonyl (C=O) groups excluding carboxylic acids is 2. The fourth-order valence-corrected chi connectivity index (χ4v) is 2.21. The molecule has 1 N–H and O–H groups in total. The highest BCUT2D eigenvalue weighted by molar-refractivity contribution is 7.18. The summed E-state index contributed by atoms with van der Waals surface area (Å²) in [5.41, 5.74) is 0.208. The molecule has 2 aromatic rings. The molecular weight excluding hydrogens is 294 g/mol. The number of ether oxygens (including phenoxy) is 1. The van der Waals surface area contributed by atoms with Crippen molar-refractivity contribution in [3.05, 3.63) is 40.9 Å². The molecule has 0 radical (unpaired) electrons. The Balaban J connectivity index is 2.19. The molecule has 1 heterocycles. The number of anilines is 1. The van der Waals surface area contributed by atoms with Crippen LogP contribution in [-0.4, -0.2) is 28.7 Å². The van der Waals surface area contributed by atoms with Crippen LogP contribution in [0.3, 0.4) is 0 Å². The number of nitrogens with one attached hydrogen (secondary N) is 1. The Hall–Kier alpha value is -2.61. The van der Waals surface area contributed by atoms with Crippen LogP contribution in [0.1, 0.15) is 17.3 Å². The van der Waals surface area contributed by atoms with Gasteiger partial charge in [0, 0.05) is 16.6 Å². The molecule has 0 atom stereocenters. The van der Waals surface area contributed by atoms with Gasteiger partial charge in [-0.2, -0.15) is 0 Å². The Kier molecular flexibility index (Phi) is 4.39. The van der Waals surface area contributed by atoms with Crippen molar-refractivity contribution >= 4 is 33.3 Å². The predicted molar refractivity (Wildman–Crippen MR) is 77.0 cm³/mol. The zero-order valence-corrected chi connectivity index (χ0v) is 12.1. The number of hydrogen-bond acceptors (Lipinski definition) is 6. The molecule has 0 unspecified atom stereocenters. The van der Waals surface area contributed by atoms with Crippen LogP contribution in [0, 0.1) is 4.91 Å². The SMILES string of the molecule is CC(=O)Oc1ccccc1C(=O)Nc1ncc([N+](C)=O)s1. The Bertz CT molecular complexity index is 711. The lowest BCUT2D eigenvalue weighted by Crippen LogP contribution is -2.14. The molecule has 8 heteroatoms. The molecule has 2 rings (SSSR count). The predicted octanol–water partition coefficient (Wildman–Crippen LogP) is 2.36. The van der Waals surface area contributed by atoms with E-state index >= 15 is 0 Å². The summed E-state index contributed by atoms with van der Waals surface area (Å²) in [5, 5.41) is 3.22. The Morgan fingerprint density at radius 2 is 2.05 bits per heavy atom. The molecule has 108 valence electrons. The summed E-state index contributed by atoms with van der Waals surface area (Å²) >= 11 is 1.05. The molecule has 0 saturated carbocycles. The van der Waals surface area contributed by atoms with Crippen LogP contribution < -0.4 is 10.1 Å². The summed E-state index contributed by atoms with van der Waals surface area (Å²) in [7, 11) is 1.34. The first-order valence-electron chi connectivity index (χ1n) is 5.93. The number of para-hydroxylation sites is 1. The van der Waals surface area contributed by atoms with Gasteiger partial charge in [0.1, 0.15) is 11.9 Å². The summed E-state index contributed by atoms with van der Waals surface area (Å²) in [6.45, 7) is 1.26. The molecule has 21 heavy (non-hydrogen) atoms. The van der Waals surface area contributed by atoms with Gasteiger partial charge in [-0.3, -0.25) is 14.9 Å². The Morgan fingerprint density at radius 1 is 1.33 bits per heavy atom. The highest BCUT2D eigenvalue weighted by atomic mass is 32.1. The molecule has 0 fully saturated rings. The molecule has 1 aromatic carbocycles. The molecule has 7 nitrogen and oxygen atoms in total. The van der Waals surface area contributed by atoms with E-state index in [9.17, 15) is 14.5 Å². The second-order valence-corrected chi connectivity index (χ2v) is 5.05. The molecular formula is C13H12N3O4S+. The van der Waals surface area contributed by atoms with Crippen LogP contribution in [0.2, 0.25) is 0 Å². The topological polar surface area (TPSA) is 88.4 Å². The highest BCUT2D eigenvalue weighted by Crippen LogP contribution is 2.26. The lowest BCUT2D eigenvalue weighted by atomic mass is 10.2. The smallest absolute Gasteiger partial charge is 0.332 e. The molecule has 0 aliphatic rings. The van der Waals surface area contributed by atoms with Crippen molar-refractivity contribution in [2.75, 3.05) is 12.4 Å². The minimum atomic E-state index is -0.514. The van der Waals surface area contributed by atoms with E-state index in [0.29, 0.717) is 9.76 Å². The van der Waals surface area contributed by atoms with Gasteiger partial charge in [-0.05, 0) is 23.5 Å². The van der Waals surface area contributed by atoms with Gasteiger partial charge in [-0.1, -0.05) is 12.1 Å². The summed E-state index contributed by atoms with van der Waals surface area (Å²) in [6.07, 6.45) is 1.37. The molecule has 0 saturated heterocycles.